The Morgan fingerprint density at radius 2 is 1.27 bits per heavy atom. The first kappa shape index (κ1) is 32.0. The number of likely N-dealkylation sites (N-methyl/N-ethyl adjacent to an activating group) is 1. The van der Waals surface area contributed by atoms with Crippen LogP contribution in [0.1, 0.15) is 51.7 Å². The van der Waals surface area contributed by atoms with Crippen molar-refractivity contribution in [1.29, 1.82) is 0 Å². The summed E-state index contributed by atoms with van der Waals surface area (Å²) in [7, 11) is -2.74. The topological polar surface area (TPSA) is 133 Å². The van der Waals surface area contributed by atoms with Crippen LogP contribution in [0.15, 0.2) is 60.7 Å². The van der Waals surface area contributed by atoms with Gasteiger partial charge in [0, 0.05) is 19.1 Å². The lowest BCUT2D eigenvalue weighted by atomic mass is 9.96. The monoisotopic (exact) mass is 581 g/mol. The van der Waals surface area contributed by atoms with Crippen molar-refractivity contribution in [3.05, 3.63) is 71.8 Å². The summed E-state index contributed by atoms with van der Waals surface area (Å²) in [6.45, 7) is 7.65. The lowest BCUT2D eigenvalue weighted by Gasteiger charge is -2.26. The van der Waals surface area contributed by atoms with Crippen LogP contribution in [-0.4, -0.2) is 59.0 Å². The van der Waals surface area contributed by atoms with Crippen LogP contribution in [0.4, 0.5) is 0 Å². The molecule has 2 unspecified atom stereocenters. The Balaban J connectivity index is 1.87. The van der Waals surface area contributed by atoms with Crippen LogP contribution in [0.25, 0.3) is 11.1 Å². The molecular formula is C31H40N3O6P. The largest absolute Gasteiger partial charge is 0.357 e. The summed E-state index contributed by atoms with van der Waals surface area (Å²) >= 11 is 0. The molecule has 1 aliphatic heterocycles. The zero-order chi connectivity index (χ0) is 30.3. The van der Waals surface area contributed by atoms with E-state index in [9.17, 15) is 28.6 Å². The van der Waals surface area contributed by atoms with Gasteiger partial charge in [0.05, 0.1) is 11.1 Å². The SMILES string of the molecule is CNC(=O)[C@H](CC(C)C)NC(=O)C(CC(C)C)CP(=O)(O)CN1C(=O)C(c2ccccc2)=C(c2ccccc2)C1=O. The Morgan fingerprint density at radius 3 is 1.68 bits per heavy atom. The molecule has 0 aromatic heterocycles. The number of hydrogen-bond acceptors (Lipinski definition) is 5. The Bertz CT molecular complexity index is 1280. The van der Waals surface area contributed by atoms with E-state index < -0.39 is 49.5 Å². The van der Waals surface area contributed by atoms with Gasteiger partial charge >= 0.3 is 0 Å². The maximum absolute atomic E-state index is 13.6. The first-order valence-corrected chi connectivity index (χ1v) is 15.9. The predicted octanol–water partition coefficient (Wildman–Crippen LogP) is 4.13. The van der Waals surface area contributed by atoms with Crippen molar-refractivity contribution >= 4 is 42.1 Å². The summed E-state index contributed by atoms with van der Waals surface area (Å²) in [4.78, 5) is 64.9. The van der Waals surface area contributed by atoms with E-state index in [1.54, 1.807) is 60.7 Å². The molecule has 9 nitrogen and oxygen atoms in total. The zero-order valence-electron chi connectivity index (χ0n) is 24.3. The summed E-state index contributed by atoms with van der Waals surface area (Å²) in [5.74, 6) is -2.92. The summed E-state index contributed by atoms with van der Waals surface area (Å²) in [5, 5.41) is 5.31. The van der Waals surface area contributed by atoms with Gasteiger partial charge in [-0.15, -0.1) is 0 Å². The van der Waals surface area contributed by atoms with Gasteiger partial charge in [0.1, 0.15) is 12.3 Å². The van der Waals surface area contributed by atoms with Crippen molar-refractivity contribution < 1.29 is 28.6 Å². The number of rotatable bonds is 13. The summed E-state index contributed by atoms with van der Waals surface area (Å²) < 4.78 is 13.6. The average Bonchev–Trinajstić information content (AvgIpc) is 3.16. The van der Waals surface area contributed by atoms with E-state index in [-0.39, 0.29) is 28.9 Å². The van der Waals surface area contributed by atoms with Crippen LogP contribution in [0.3, 0.4) is 0 Å². The Hall–Kier alpha value is -3.55. The molecule has 41 heavy (non-hydrogen) atoms. The van der Waals surface area contributed by atoms with Crippen molar-refractivity contribution in [2.24, 2.45) is 17.8 Å². The standard InChI is InChI=1S/C31H40N3O6P/c1-20(2)16-24(28(35)33-25(17-21(3)4)29(36)32-5)18-41(39,40)19-34-30(37)26(22-12-8-6-9-13-22)27(31(34)38)23-14-10-7-11-15-23/h6-15,20-21,24-25H,16-19H2,1-5H3,(H,32,36)(H,33,35)(H,39,40)/t24?,25-/m0/s1. The Kier molecular flexibility index (Phi) is 10.8. The molecule has 0 spiro atoms. The molecule has 0 saturated heterocycles. The van der Waals surface area contributed by atoms with E-state index in [0.29, 0.717) is 24.0 Å². The lowest BCUT2D eigenvalue weighted by Crippen LogP contribution is -2.49. The minimum absolute atomic E-state index is 0.0142. The second-order valence-corrected chi connectivity index (χ2v) is 13.7. The summed E-state index contributed by atoms with van der Waals surface area (Å²) in [6, 6.07) is 16.7. The quantitative estimate of drug-likeness (QED) is 0.241. The lowest BCUT2D eigenvalue weighted by molar-refractivity contribution is -0.135. The van der Waals surface area contributed by atoms with Crippen molar-refractivity contribution in [3.8, 4) is 0 Å². The first-order chi connectivity index (χ1) is 19.3. The number of benzene rings is 2. The van der Waals surface area contributed by atoms with Gasteiger partial charge in [-0.1, -0.05) is 88.4 Å². The zero-order valence-corrected chi connectivity index (χ0v) is 25.2. The van der Waals surface area contributed by atoms with Crippen LogP contribution in [0.2, 0.25) is 0 Å². The minimum Gasteiger partial charge on any atom is -0.357 e. The molecule has 0 radical (unpaired) electrons. The summed E-state index contributed by atoms with van der Waals surface area (Å²) in [6.07, 6.45) is -0.450. The normalized spacial score (nSPS) is 16.6. The smallest absolute Gasteiger partial charge is 0.262 e. The van der Waals surface area contributed by atoms with E-state index in [0.717, 1.165) is 4.90 Å². The molecule has 3 N–H and O–H groups in total. The van der Waals surface area contributed by atoms with Gasteiger partial charge in [0.2, 0.25) is 19.2 Å². The molecule has 0 bridgehead atoms. The van der Waals surface area contributed by atoms with Crippen molar-refractivity contribution in [3.63, 3.8) is 0 Å². The minimum atomic E-state index is -4.22. The molecule has 220 valence electrons. The maximum Gasteiger partial charge on any atom is 0.262 e. The van der Waals surface area contributed by atoms with Gasteiger partial charge in [0.25, 0.3) is 11.8 Å². The van der Waals surface area contributed by atoms with Gasteiger partial charge in [-0.25, -0.2) is 0 Å². The second-order valence-electron chi connectivity index (χ2n) is 11.3. The molecule has 2 aromatic carbocycles. The molecule has 10 heteroatoms. The van der Waals surface area contributed by atoms with Gasteiger partial charge < -0.3 is 15.5 Å². The van der Waals surface area contributed by atoms with Gasteiger partial charge in [-0.05, 0) is 35.8 Å². The number of carbonyl (C=O) groups excluding carboxylic acids is 4. The molecule has 2 aromatic rings. The maximum atomic E-state index is 13.6. The van der Waals surface area contributed by atoms with Crippen LogP contribution in [-0.2, 0) is 23.7 Å². The third-order valence-electron chi connectivity index (χ3n) is 6.87. The molecule has 0 saturated carbocycles. The molecule has 0 aliphatic carbocycles. The fourth-order valence-electron chi connectivity index (χ4n) is 5.07. The summed E-state index contributed by atoms with van der Waals surface area (Å²) in [5.41, 5.74) is 1.39. The third-order valence-corrected chi connectivity index (χ3v) is 8.61. The number of carbonyl (C=O) groups is 4. The highest BCUT2D eigenvalue weighted by atomic mass is 31.2. The highest BCUT2D eigenvalue weighted by Gasteiger charge is 2.43. The highest BCUT2D eigenvalue weighted by molar-refractivity contribution is 7.58. The van der Waals surface area contributed by atoms with Crippen molar-refractivity contribution in [2.45, 2.75) is 46.6 Å². The van der Waals surface area contributed by atoms with Crippen LogP contribution in [0, 0.1) is 17.8 Å². The van der Waals surface area contributed by atoms with Crippen LogP contribution >= 0.6 is 7.37 Å². The van der Waals surface area contributed by atoms with E-state index in [1.165, 1.54) is 7.05 Å². The number of amides is 4. The van der Waals surface area contributed by atoms with Gasteiger partial charge in [-0.3, -0.25) is 28.6 Å². The van der Waals surface area contributed by atoms with Gasteiger partial charge in [-0.2, -0.15) is 0 Å². The fraction of sp³-hybridized carbons (Fsp3) is 0.419. The molecule has 0 fully saturated rings. The Morgan fingerprint density at radius 1 is 0.805 bits per heavy atom. The second kappa shape index (κ2) is 13.9. The molecule has 1 heterocycles. The van der Waals surface area contributed by atoms with E-state index in [4.69, 9.17) is 0 Å². The van der Waals surface area contributed by atoms with Gasteiger partial charge in [0.15, 0.2) is 0 Å². The highest BCUT2D eigenvalue weighted by Crippen LogP contribution is 2.47. The van der Waals surface area contributed by atoms with Crippen molar-refractivity contribution in [1.82, 2.24) is 15.5 Å². The molecule has 4 amide bonds. The number of hydrogen-bond donors (Lipinski definition) is 3. The van der Waals surface area contributed by atoms with Crippen molar-refractivity contribution in [2.75, 3.05) is 19.5 Å². The third kappa shape index (κ3) is 8.24. The molecule has 3 atom stereocenters. The number of imide groups is 1. The van der Waals surface area contributed by atoms with E-state index >= 15 is 0 Å². The average molecular weight is 582 g/mol. The first-order valence-electron chi connectivity index (χ1n) is 13.9. The van der Waals surface area contributed by atoms with Crippen LogP contribution in [0.5, 0.6) is 0 Å². The number of nitrogens with one attached hydrogen (secondary N) is 2. The predicted molar refractivity (Wildman–Crippen MR) is 160 cm³/mol. The van der Waals surface area contributed by atoms with E-state index in [2.05, 4.69) is 10.6 Å². The fourth-order valence-corrected chi connectivity index (χ4v) is 6.89. The molecule has 3 rings (SSSR count). The van der Waals surface area contributed by atoms with Crippen LogP contribution < -0.4 is 10.6 Å². The molecular weight excluding hydrogens is 541 g/mol. The Labute approximate surface area is 241 Å². The number of nitrogens with zero attached hydrogens (tertiary/aromatic N) is 1. The van der Waals surface area contributed by atoms with E-state index in [1.807, 2.05) is 27.7 Å². The molecule has 1 aliphatic rings.